The topological polar surface area (TPSA) is 73.2 Å². The average molecular weight is 376 g/mol. The van der Waals surface area contributed by atoms with Crippen LogP contribution in [0.1, 0.15) is 19.1 Å². The number of esters is 1. The van der Waals surface area contributed by atoms with Crippen LogP contribution in [0.4, 0.5) is 5.69 Å². The second kappa shape index (κ2) is 8.57. The SMILES string of the molecule is CCOC(=O)CCN(Cc1ccco1)C(=S)Nc1ccc2c(c1)OCO2. The first kappa shape index (κ1) is 18.1. The normalized spacial score (nSPS) is 11.9. The molecule has 0 saturated heterocycles. The van der Waals surface area contributed by atoms with Crippen molar-refractivity contribution in [1.82, 2.24) is 4.90 Å². The fraction of sp³-hybridized carbons (Fsp3) is 0.333. The highest BCUT2D eigenvalue weighted by molar-refractivity contribution is 7.80. The predicted molar refractivity (Wildman–Crippen MR) is 99.2 cm³/mol. The van der Waals surface area contributed by atoms with Gasteiger partial charge in [-0.2, -0.15) is 0 Å². The third-order valence-electron chi connectivity index (χ3n) is 3.73. The lowest BCUT2D eigenvalue weighted by Crippen LogP contribution is -2.36. The van der Waals surface area contributed by atoms with Crippen LogP contribution in [0, 0.1) is 0 Å². The van der Waals surface area contributed by atoms with Crippen molar-refractivity contribution in [3.63, 3.8) is 0 Å². The van der Waals surface area contributed by atoms with Gasteiger partial charge in [0.1, 0.15) is 5.76 Å². The summed E-state index contributed by atoms with van der Waals surface area (Å²) >= 11 is 5.52. The van der Waals surface area contributed by atoms with Crippen molar-refractivity contribution in [2.24, 2.45) is 0 Å². The van der Waals surface area contributed by atoms with Crippen molar-refractivity contribution in [3.8, 4) is 11.5 Å². The third-order valence-corrected chi connectivity index (χ3v) is 4.09. The number of rotatable bonds is 7. The number of carbonyl (C=O) groups is 1. The molecule has 0 saturated carbocycles. The number of anilines is 1. The van der Waals surface area contributed by atoms with Crippen LogP contribution in [0.25, 0.3) is 0 Å². The molecule has 1 N–H and O–H groups in total. The van der Waals surface area contributed by atoms with Crippen LogP contribution in [0.3, 0.4) is 0 Å². The Balaban J connectivity index is 1.66. The first-order chi connectivity index (χ1) is 12.7. The van der Waals surface area contributed by atoms with Gasteiger partial charge in [-0.3, -0.25) is 4.79 Å². The van der Waals surface area contributed by atoms with Crippen LogP contribution in [-0.4, -0.2) is 35.9 Å². The summed E-state index contributed by atoms with van der Waals surface area (Å²) in [4.78, 5) is 13.5. The molecule has 0 spiro atoms. The Labute approximate surface area is 156 Å². The molecular formula is C18H20N2O5S. The molecule has 1 aliphatic heterocycles. The van der Waals surface area contributed by atoms with Gasteiger partial charge in [0.25, 0.3) is 0 Å². The molecule has 3 rings (SSSR count). The number of hydrogen-bond acceptors (Lipinski definition) is 6. The molecule has 138 valence electrons. The lowest BCUT2D eigenvalue weighted by molar-refractivity contribution is -0.143. The smallest absolute Gasteiger partial charge is 0.307 e. The molecule has 1 aromatic carbocycles. The minimum absolute atomic E-state index is 0.216. The number of fused-ring (bicyclic) bond motifs is 1. The molecular weight excluding hydrogens is 356 g/mol. The van der Waals surface area contributed by atoms with E-state index in [1.54, 1.807) is 13.2 Å². The number of furan rings is 1. The number of nitrogens with one attached hydrogen (secondary N) is 1. The molecule has 0 bridgehead atoms. The van der Waals surface area contributed by atoms with Crippen molar-refractivity contribution in [2.45, 2.75) is 19.9 Å². The first-order valence-corrected chi connectivity index (χ1v) is 8.70. The average Bonchev–Trinajstić information content (AvgIpc) is 3.29. The fourth-order valence-electron chi connectivity index (χ4n) is 2.48. The Hall–Kier alpha value is -2.74. The number of thiocarbonyl (C=S) groups is 1. The van der Waals surface area contributed by atoms with Crippen molar-refractivity contribution >= 4 is 29.0 Å². The third kappa shape index (κ3) is 4.66. The zero-order valence-electron chi connectivity index (χ0n) is 14.4. The van der Waals surface area contributed by atoms with Crippen LogP contribution < -0.4 is 14.8 Å². The number of carbonyl (C=O) groups excluding carboxylic acids is 1. The van der Waals surface area contributed by atoms with Gasteiger partial charge >= 0.3 is 5.97 Å². The summed E-state index contributed by atoms with van der Waals surface area (Å²) in [5.41, 5.74) is 0.778. The number of hydrogen-bond donors (Lipinski definition) is 1. The highest BCUT2D eigenvalue weighted by Crippen LogP contribution is 2.34. The largest absolute Gasteiger partial charge is 0.467 e. The van der Waals surface area contributed by atoms with Crippen molar-refractivity contribution < 1.29 is 23.4 Å². The summed E-state index contributed by atoms with van der Waals surface area (Å²) in [6.07, 6.45) is 1.84. The van der Waals surface area contributed by atoms with Crippen molar-refractivity contribution in [2.75, 3.05) is 25.3 Å². The molecule has 2 aromatic rings. The molecule has 1 aromatic heterocycles. The van der Waals surface area contributed by atoms with Gasteiger partial charge in [-0.1, -0.05) is 0 Å². The Bertz CT molecular complexity index is 763. The Morgan fingerprint density at radius 3 is 2.92 bits per heavy atom. The minimum Gasteiger partial charge on any atom is -0.467 e. The maximum atomic E-state index is 11.7. The zero-order valence-corrected chi connectivity index (χ0v) is 15.2. The molecule has 0 aliphatic carbocycles. The summed E-state index contributed by atoms with van der Waals surface area (Å²) in [5.74, 6) is 1.87. The number of benzene rings is 1. The van der Waals surface area contributed by atoms with Crippen LogP contribution in [0.5, 0.6) is 11.5 Å². The highest BCUT2D eigenvalue weighted by Gasteiger charge is 2.17. The van der Waals surface area contributed by atoms with E-state index in [0.29, 0.717) is 36.3 Å². The monoisotopic (exact) mass is 376 g/mol. The molecule has 26 heavy (non-hydrogen) atoms. The number of nitrogens with zero attached hydrogens (tertiary/aromatic N) is 1. The molecule has 0 atom stereocenters. The summed E-state index contributed by atoms with van der Waals surface area (Å²) in [6, 6.07) is 9.18. The second-order valence-electron chi connectivity index (χ2n) is 5.55. The number of ether oxygens (including phenoxy) is 3. The molecule has 0 amide bonds. The lowest BCUT2D eigenvalue weighted by Gasteiger charge is -2.24. The van der Waals surface area contributed by atoms with Crippen LogP contribution >= 0.6 is 12.2 Å². The van der Waals surface area contributed by atoms with E-state index in [-0.39, 0.29) is 19.2 Å². The molecule has 0 unspecified atom stereocenters. The zero-order chi connectivity index (χ0) is 18.4. The minimum atomic E-state index is -0.261. The Morgan fingerprint density at radius 1 is 1.31 bits per heavy atom. The summed E-state index contributed by atoms with van der Waals surface area (Å²) in [7, 11) is 0. The Kier molecular flexibility index (Phi) is 5.96. The van der Waals surface area contributed by atoms with Gasteiger partial charge in [-0.05, 0) is 43.4 Å². The lowest BCUT2D eigenvalue weighted by atomic mass is 10.3. The van der Waals surface area contributed by atoms with Crippen LogP contribution in [0.15, 0.2) is 41.0 Å². The van der Waals surface area contributed by atoms with Crippen molar-refractivity contribution in [3.05, 3.63) is 42.4 Å². The molecule has 7 nitrogen and oxygen atoms in total. The second-order valence-corrected chi connectivity index (χ2v) is 5.94. The predicted octanol–water partition coefficient (Wildman–Crippen LogP) is 3.16. The summed E-state index contributed by atoms with van der Waals surface area (Å²) in [5, 5.41) is 3.64. The van der Waals surface area contributed by atoms with Gasteiger partial charge < -0.3 is 28.8 Å². The van der Waals surface area contributed by atoms with Gasteiger partial charge in [0.05, 0.1) is 25.8 Å². The maximum absolute atomic E-state index is 11.7. The molecule has 2 heterocycles. The Morgan fingerprint density at radius 2 is 2.15 bits per heavy atom. The molecule has 8 heteroatoms. The van der Waals surface area contributed by atoms with Crippen LogP contribution in [0.2, 0.25) is 0 Å². The first-order valence-electron chi connectivity index (χ1n) is 8.29. The van der Waals surface area contributed by atoms with E-state index in [1.807, 2.05) is 35.2 Å². The van der Waals surface area contributed by atoms with Gasteiger partial charge in [0.2, 0.25) is 6.79 Å². The standard InChI is InChI=1S/C18H20N2O5S/c1-2-22-17(21)7-8-20(11-14-4-3-9-23-14)18(26)19-13-5-6-15-16(10-13)25-12-24-15/h3-6,9-10H,2,7-8,11-12H2,1H3,(H,19,26). The van der Waals surface area contributed by atoms with E-state index in [2.05, 4.69) is 5.32 Å². The summed E-state index contributed by atoms with van der Waals surface area (Å²) < 4.78 is 21.1. The van der Waals surface area contributed by atoms with Crippen molar-refractivity contribution in [1.29, 1.82) is 0 Å². The summed E-state index contributed by atoms with van der Waals surface area (Å²) in [6.45, 7) is 3.22. The molecule has 0 fully saturated rings. The highest BCUT2D eigenvalue weighted by atomic mass is 32.1. The van der Waals surface area contributed by atoms with Gasteiger partial charge in [0.15, 0.2) is 16.6 Å². The van der Waals surface area contributed by atoms with E-state index < -0.39 is 0 Å². The molecule has 0 radical (unpaired) electrons. The van der Waals surface area contributed by atoms with E-state index in [9.17, 15) is 4.79 Å². The fourth-order valence-corrected chi connectivity index (χ4v) is 2.75. The van der Waals surface area contributed by atoms with Crippen LogP contribution in [-0.2, 0) is 16.1 Å². The van der Waals surface area contributed by atoms with E-state index in [1.165, 1.54) is 0 Å². The quantitative estimate of drug-likeness (QED) is 0.584. The molecule has 1 aliphatic rings. The van der Waals surface area contributed by atoms with E-state index in [0.717, 1.165) is 11.4 Å². The maximum Gasteiger partial charge on any atom is 0.307 e. The van der Waals surface area contributed by atoms with E-state index >= 15 is 0 Å². The van der Waals surface area contributed by atoms with E-state index in [4.69, 9.17) is 30.8 Å². The van der Waals surface area contributed by atoms with Gasteiger partial charge in [0, 0.05) is 18.3 Å². The van der Waals surface area contributed by atoms with Gasteiger partial charge in [-0.15, -0.1) is 0 Å². The van der Waals surface area contributed by atoms with Gasteiger partial charge in [-0.25, -0.2) is 0 Å².